The van der Waals surface area contributed by atoms with Crippen molar-refractivity contribution < 1.29 is 4.79 Å². The zero-order valence-corrected chi connectivity index (χ0v) is 10.4. The molecule has 1 aliphatic heterocycles. The lowest BCUT2D eigenvalue weighted by atomic mass is 10.2. The summed E-state index contributed by atoms with van der Waals surface area (Å²) in [4.78, 5) is 18.2. The Morgan fingerprint density at radius 1 is 1.28 bits per heavy atom. The highest BCUT2D eigenvalue weighted by Gasteiger charge is 2.27. The van der Waals surface area contributed by atoms with Crippen molar-refractivity contribution in [3.8, 4) is 0 Å². The molecule has 4 heteroatoms. The van der Waals surface area contributed by atoms with Gasteiger partial charge in [0, 0.05) is 17.8 Å². The van der Waals surface area contributed by atoms with Crippen LogP contribution in [0, 0.1) is 0 Å². The van der Waals surface area contributed by atoms with Gasteiger partial charge in [-0.05, 0) is 29.8 Å². The molecule has 2 aromatic rings. The van der Waals surface area contributed by atoms with Crippen molar-refractivity contribution >= 4 is 17.5 Å². The van der Waals surface area contributed by atoms with E-state index >= 15 is 0 Å². The summed E-state index contributed by atoms with van der Waals surface area (Å²) in [7, 11) is 0. The Morgan fingerprint density at radius 3 is 2.94 bits per heavy atom. The number of halogens is 1. The van der Waals surface area contributed by atoms with Gasteiger partial charge in [0.1, 0.15) is 0 Å². The van der Waals surface area contributed by atoms with Gasteiger partial charge in [0.25, 0.3) is 5.91 Å². The second-order valence-corrected chi connectivity index (χ2v) is 4.73. The summed E-state index contributed by atoms with van der Waals surface area (Å²) in [5, 5.41) is 0.690. The molecular weight excluding hydrogens is 248 g/mol. The van der Waals surface area contributed by atoms with Crippen LogP contribution in [0.4, 0.5) is 0 Å². The van der Waals surface area contributed by atoms with Crippen LogP contribution in [-0.4, -0.2) is 15.8 Å². The first-order chi connectivity index (χ1) is 8.74. The molecule has 0 aliphatic carbocycles. The number of nitrogens with zero attached hydrogens (tertiary/aromatic N) is 2. The maximum absolute atomic E-state index is 12.1. The van der Waals surface area contributed by atoms with Gasteiger partial charge in [-0.15, -0.1) is 0 Å². The number of amides is 1. The van der Waals surface area contributed by atoms with Crippen LogP contribution >= 0.6 is 11.6 Å². The molecule has 1 amide bonds. The maximum Gasteiger partial charge on any atom is 0.256 e. The molecule has 1 aromatic heterocycles. The lowest BCUT2D eigenvalue weighted by molar-refractivity contribution is 0.0766. The van der Waals surface area contributed by atoms with Crippen molar-refractivity contribution in [3.05, 3.63) is 64.4 Å². The minimum atomic E-state index is 0.0399. The number of hydrogen-bond donors (Lipinski definition) is 0. The second kappa shape index (κ2) is 4.42. The third-order valence-corrected chi connectivity index (χ3v) is 3.25. The van der Waals surface area contributed by atoms with E-state index < -0.39 is 0 Å². The summed E-state index contributed by atoms with van der Waals surface area (Å²) in [6.45, 7) is 1.14. The molecule has 0 fully saturated rings. The Hall–Kier alpha value is -1.87. The van der Waals surface area contributed by atoms with E-state index in [0.717, 1.165) is 11.3 Å². The topological polar surface area (TPSA) is 33.2 Å². The van der Waals surface area contributed by atoms with Crippen LogP contribution < -0.4 is 0 Å². The largest absolute Gasteiger partial charge is 0.328 e. The highest BCUT2D eigenvalue weighted by Crippen LogP contribution is 2.23. The average molecular weight is 259 g/mol. The predicted octanol–water partition coefficient (Wildman–Crippen LogP) is 2.89. The predicted molar refractivity (Wildman–Crippen MR) is 69.3 cm³/mol. The van der Waals surface area contributed by atoms with Gasteiger partial charge in [-0.3, -0.25) is 9.78 Å². The highest BCUT2D eigenvalue weighted by atomic mass is 35.5. The van der Waals surface area contributed by atoms with Crippen molar-refractivity contribution in [1.29, 1.82) is 0 Å². The number of benzene rings is 1. The van der Waals surface area contributed by atoms with Crippen molar-refractivity contribution in [2.75, 3.05) is 0 Å². The van der Waals surface area contributed by atoms with Crippen LogP contribution in [0.3, 0.4) is 0 Å². The number of hydrogen-bond acceptors (Lipinski definition) is 2. The zero-order chi connectivity index (χ0) is 12.5. The van der Waals surface area contributed by atoms with Crippen LogP contribution in [0.25, 0.3) is 0 Å². The Kier molecular flexibility index (Phi) is 2.76. The van der Waals surface area contributed by atoms with E-state index in [1.165, 1.54) is 0 Å². The molecule has 0 N–H and O–H groups in total. The average Bonchev–Trinajstić information content (AvgIpc) is 2.67. The molecule has 0 unspecified atom stereocenters. The molecule has 3 rings (SSSR count). The third kappa shape index (κ3) is 1.97. The van der Waals surface area contributed by atoms with Gasteiger partial charge in [0.15, 0.2) is 0 Å². The standard InChI is InChI=1S/C14H11ClN2O/c15-11-4-1-3-10(7-11)8-17-9-13-12(14(17)18)5-2-6-16-13/h1-7H,8-9H2. The SMILES string of the molecule is O=C1c2cccnc2CN1Cc1cccc(Cl)c1. The summed E-state index contributed by atoms with van der Waals surface area (Å²) in [5.41, 5.74) is 2.59. The van der Waals surface area contributed by atoms with E-state index in [2.05, 4.69) is 4.98 Å². The fourth-order valence-corrected chi connectivity index (χ4v) is 2.38. The first kappa shape index (κ1) is 11.2. The first-order valence-corrected chi connectivity index (χ1v) is 6.09. The van der Waals surface area contributed by atoms with Gasteiger partial charge in [-0.1, -0.05) is 23.7 Å². The maximum atomic E-state index is 12.1. The minimum Gasteiger partial charge on any atom is -0.328 e. The number of carbonyl (C=O) groups is 1. The lowest BCUT2D eigenvalue weighted by Gasteiger charge is -2.15. The number of carbonyl (C=O) groups excluding carboxylic acids is 1. The van der Waals surface area contributed by atoms with Crippen molar-refractivity contribution in [2.45, 2.75) is 13.1 Å². The summed E-state index contributed by atoms with van der Waals surface area (Å²) in [6.07, 6.45) is 1.72. The summed E-state index contributed by atoms with van der Waals surface area (Å²) in [5.74, 6) is 0.0399. The smallest absolute Gasteiger partial charge is 0.256 e. The number of pyridine rings is 1. The quantitative estimate of drug-likeness (QED) is 0.830. The molecule has 0 atom stereocenters. The van der Waals surface area contributed by atoms with E-state index in [4.69, 9.17) is 11.6 Å². The van der Waals surface area contributed by atoms with Crippen LogP contribution in [0.2, 0.25) is 5.02 Å². The molecule has 0 radical (unpaired) electrons. The van der Waals surface area contributed by atoms with Crippen molar-refractivity contribution in [3.63, 3.8) is 0 Å². The number of rotatable bonds is 2. The van der Waals surface area contributed by atoms with Gasteiger partial charge in [0.2, 0.25) is 0 Å². The molecule has 2 heterocycles. The van der Waals surface area contributed by atoms with Crippen molar-refractivity contribution in [2.24, 2.45) is 0 Å². The second-order valence-electron chi connectivity index (χ2n) is 4.29. The molecule has 0 spiro atoms. The Labute approximate surface area is 110 Å². The molecule has 0 saturated carbocycles. The molecule has 1 aliphatic rings. The Morgan fingerprint density at radius 2 is 2.17 bits per heavy atom. The number of fused-ring (bicyclic) bond motifs is 1. The van der Waals surface area contributed by atoms with Gasteiger partial charge in [-0.25, -0.2) is 0 Å². The van der Waals surface area contributed by atoms with Crippen molar-refractivity contribution in [1.82, 2.24) is 9.88 Å². The van der Waals surface area contributed by atoms with E-state index in [1.54, 1.807) is 17.2 Å². The molecule has 0 saturated heterocycles. The fraction of sp³-hybridized carbons (Fsp3) is 0.143. The molecule has 18 heavy (non-hydrogen) atoms. The first-order valence-electron chi connectivity index (χ1n) is 5.71. The molecule has 0 bridgehead atoms. The molecule has 3 nitrogen and oxygen atoms in total. The van der Waals surface area contributed by atoms with E-state index in [-0.39, 0.29) is 5.91 Å². The van der Waals surface area contributed by atoms with Gasteiger partial charge < -0.3 is 4.90 Å². The summed E-state index contributed by atoms with van der Waals surface area (Å²) < 4.78 is 0. The molecule has 90 valence electrons. The summed E-state index contributed by atoms with van der Waals surface area (Å²) >= 11 is 5.94. The van der Waals surface area contributed by atoms with E-state index in [1.807, 2.05) is 30.3 Å². The van der Waals surface area contributed by atoms with Crippen LogP contribution in [0.5, 0.6) is 0 Å². The van der Waals surface area contributed by atoms with E-state index in [9.17, 15) is 4.79 Å². The third-order valence-electron chi connectivity index (χ3n) is 3.01. The molecule has 1 aromatic carbocycles. The Balaban J connectivity index is 1.83. The van der Waals surface area contributed by atoms with Crippen LogP contribution in [0.1, 0.15) is 21.6 Å². The lowest BCUT2D eigenvalue weighted by Crippen LogP contribution is -2.23. The monoisotopic (exact) mass is 258 g/mol. The Bertz CT molecular complexity index is 612. The van der Waals surface area contributed by atoms with E-state index in [0.29, 0.717) is 23.7 Å². The van der Waals surface area contributed by atoms with Crippen LogP contribution in [0.15, 0.2) is 42.6 Å². The minimum absolute atomic E-state index is 0.0399. The van der Waals surface area contributed by atoms with Gasteiger partial charge in [0.05, 0.1) is 17.8 Å². The molecular formula is C14H11ClN2O. The zero-order valence-electron chi connectivity index (χ0n) is 9.64. The highest BCUT2D eigenvalue weighted by molar-refractivity contribution is 6.30. The number of aromatic nitrogens is 1. The normalized spacial score (nSPS) is 13.8. The van der Waals surface area contributed by atoms with Crippen LogP contribution in [-0.2, 0) is 13.1 Å². The fourth-order valence-electron chi connectivity index (χ4n) is 2.17. The summed E-state index contributed by atoms with van der Waals surface area (Å²) in [6, 6.07) is 11.2. The van der Waals surface area contributed by atoms with Gasteiger partial charge in [-0.2, -0.15) is 0 Å². The van der Waals surface area contributed by atoms with Gasteiger partial charge >= 0.3 is 0 Å².